The molecule has 0 fully saturated rings. The van der Waals surface area contributed by atoms with Gasteiger partial charge in [0.2, 0.25) is 5.78 Å². The number of ketones is 1. The number of ether oxygens (including phenoxy) is 3. The van der Waals surface area contributed by atoms with Crippen LogP contribution in [0.25, 0.3) is 6.08 Å². The first kappa shape index (κ1) is 23.2. The summed E-state index contributed by atoms with van der Waals surface area (Å²) in [6.45, 7) is 10.2. The second-order valence-corrected chi connectivity index (χ2v) is 10.3. The van der Waals surface area contributed by atoms with E-state index in [9.17, 15) is 4.79 Å². The average molecular weight is 470 g/mol. The summed E-state index contributed by atoms with van der Waals surface area (Å²) >= 11 is 0. The largest absolute Gasteiger partial charge is 0.496 e. The molecule has 0 aromatic heterocycles. The van der Waals surface area contributed by atoms with Crippen LogP contribution in [0.5, 0.6) is 17.2 Å². The van der Waals surface area contributed by atoms with Crippen molar-refractivity contribution in [1.29, 1.82) is 0 Å². The number of fused-ring (bicyclic) bond motifs is 3. The predicted octanol–water partition coefficient (Wildman–Crippen LogP) is 6.27. The Balaban J connectivity index is 1.43. The summed E-state index contributed by atoms with van der Waals surface area (Å²) in [5, 5.41) is 0. The van der Waals surface area contributed by atoms with Crippen molar-refractivity contribution in [2.75, 3.05) is 13.8 Å². The molecular formula is C30H31NO4. The smallest absolute Gasteiger partial charge is 0.232 e. The first-order valence-electron chi connectivity index (χ1n) is 11.9. The fourth-order valence-electron chi connectivity index (χ4n) is 4.68. The summed E-state index contributed by atoms with van der Waals surface area (Å²) in [7, 11) is 1.68. The van der Waals surface area contributed by atoms with Crippen molar-refractivity contribution >= 4 is 11.9 Å². The molecule has 5 heteroatoms. The molecule has 2 aliphatic rings. The van der Waals surface area contributed by atoms with Crippen LogP contribution in [0.2, 0.25) is 0 Å². The van der Waals surface area contributed by atoms with Gasteiger partial charge in [-0.3, -0.25) is 9.69 Å². The highest BCUT2D eigenvalue weighted by Gasteiger charge is 2.35. The number of rotatable bonds is 4. The summed E-state index contributed by atoms with van der Waals surface area (Å²) < 4.78 is 17.8. The topological polar surface area (TPSA) is 48.0 Å². The molecule has 0 N–H and O–H groups in total. The van der Waals surface area contributed by atoms with Gasteiger partial charge >= 0.3 is 0 Å². The molecule has 0 spiro atoms. The van der Waals surface area contributed by atoms with E-state index >= 15 is 0 Å². The summed E-state index contributed by atoms with van der Waals surface area (Å²) in [6, 6.07) is 18.2. The van der Waals surface area contributed by atoms with Gasteiger partial charge in [0.15, 0.2) is 5.76 Å². The molecule has 0 unspecified atom stereocenters. The Morgan fingerprint density at radius 2 is 1.83 bits per heavy atom. The lowest BCUT2D eigenvalue weighted by molar-refractivity contribution is 0.0864. The molecular weight excluding hydrogens is 438 g/mol. The molecule has 5 nitrogen and oxygen atoms in total. The van der Waals surface area contributed by atoms with E-state index in [1.807, 2.05) is 49.4 Å². The fourth-order valence-corrected chi connectivity index (χ4v) is 4.68. The zero-order chi connectivity index (χ0) is 24.7. The van der Waals surface area contributed by atoms with E-state index < -0.39 is 0 Å². The van der Waals surface area contributed by atoms with Gasteiger partial charge in [-0.1, -0.05) is 63.2 Å². The molecule has 5 rings (SSSR count). The molecule has 35 heavy (non-hydrogen) atoms. The average Bonchev–Trinajstić information content (AvgIpc) is 3.16. The molecule has 0 radical (unpaired) electrons. The maximum atomic E-state index is 13.3. The minimum absolute atomic E-state index is 0.0768. The number of carbonyl (C=O) groups excluding carboxylic acids is 1. The molecule has 0 atom stereocenters. The van der Waals surface area contributed by atoms with Crippen LogP contribution in [0.4, 0.5) is 0 Å². The third-order valence-electron chi connectivity index (χ3n) is 6.65. The van der Waals surface area contributed by atoms with E-state index in [0.717, 1.165) is 33.8 Å². The predicted molar refractivity (Wildman–Crippen MR) is 137 cm³/mol. The van der Waals surface area contributed by atoms with Crippen LogP contribution in [-0.4, -0.2) is 24.5 Å². The normalized spacial score (nSPS) is 16.5. The van der Waals surface area contributed by atoms with Crippen LogP contribution in [0.15, 0.2) is 60.4 Å². The molecule has 3 aromatic carbocycles. The Morgan fingerprint density at radius 3 is 2.54 bits per heavy atom. The number of Topliss-reactive ketones (excluding diaryl/α,β-unsaturated/α-hetero) is 1. The van der Waals surface area contributed by atoms with E-state index in [0.29, 0.717) is 36.9 Å². The van der Waals surface area contributed by atoms with Crippen molar-refractivity contribution in [1.82, 2.24) is 4.90 Å². The van der Waals surface area contributed by atoms with Gasteiger partial charge < -0.3 is 14.2 Å². The van der Waals surface area contributed by atoms with Crippen molar-refractivity contribution < 1.29 is 19.0 Å². The van der Waals surface area contributed by atoms with E-state index in [2.05, 4.69) is 43.9 Å². The third kappa shape index (κ3) is 4.44. The lowest BCUT2D eigenvalue weighted by Crippen LogP contribution is -2.32. The van der Waals surface area contributed by atoms with Crippen molar-refractivity contribution in [3.05, 3.63) is 93.7 Å². The number of carbonyl (C=O) groups is 1. The minimum atomic E-state index is -0.0814. The molecule has 0 saturated heterocycles. The molecule has 0 aliphatic carbocycles. The van der Waals surface area contributed by atoms with Crippen molar-refractivity contribution in [3.8, 4) is 17.2 Å². The zero-order valence-electron chi connectivity index (χ0n) is 21.0. The maximum absolute atomic E-state index is 13.3. The zero-order valence-corrected chi connectivity index (χ0v) is 21.0. The highest BCUT2D eigenvalue weighted by molar-refractivity contribution is 6.15. The van der Waals surface area contributed by atoms with E-state index in [1.165, 1.54) is 5.56 Å². The Kier molecular flexibility index (Phi) is 5.89. The van der Waals surface area contributed by atoms with Crippen LogP contribution in [-0.2, 0) is 18.5 Å². The number of para-hydroxylation sites is 1. The number of nitrogens with zero attached hydrogens (tertiary/aromatic N) is 1. The van der Waals surface area contributed by atoms with Gasteiger partial charge in [0.25, 0.3) is 0 Å². The Morgan fingerprint density at radius 1 is 1.09 bits per heavy atom. The number of hydrogen-bond donors (Lipinski definition) is 0. The van der Waals surface area contributed by atoms with Gasteiger partial charge in [0.05, 0.1) is 18.2 Å². The maximum Gasteiger partial charge on any atom is 0.232 e. The Hall–Kier alpha value is -3.57. The lowest BCUT2D eigenvalue weighted by Gasteiger charge is -2.30. The fraction of sp³-hybridized carbons (Fsp3) is 0.300. The number of hydrogen-bond acceptors (Lipinski definition) is 5. The SMILES string of the molecule is COc1ccccc1CN1COc2cc(C)c3c(c2C1)O/C(=C\c1ccc(C(C)(C)C)cc1)C3=O. The summed E-state index contributed by atoms with van der Waals surface area (Å²) in [6.07, 6.45) is 1.83. The van der Waals surface area contributed by atoms with Gasteiger partial charge in [-0.05, 0) is 47.2 Å². The van der Waals surface area contributed by atoms with Crippen LogP contribution in [0, 0.1) is 6.92 Å². The van der Waals surface area contributed by atoms with Gasteiger partial charge in [0.1, 0.15) is 24.0 Å². The Bertz CT molecular complexity index is 1320. The molecule has 0 amide bonds. The van der Waals surface area contributed by atoms with Gasteiger partial charge in [0, 0.05) is 18.7 Å². The molecule has 2 aliphatic heterocycles. The van der Waals surface area contributed by atoms with Crippen molar-refractivity contribution in [2.45, 2.75) is 46.2 Å². The minimum Gasteiger partial charge on any atom is -0.496 e. The van der Waals surface area contributed by atoms with Crippen LogP contribution < -0.4 is 14.2 Å². The quantitative estimate of drug-likeness (QED) is 0.422. The number of methoxy groups -OCH3 is 1. The molecule has 180 valence electrons. The highest BCUT2D eigenvalue weighted by Crippen LogP contribution is 2.44. The van der Waals surface area contributed by atoms with E-state index in [-0.39, 0.29) is 11.2 Å². The molecule has 2 heterocycles. The molecule has 0 saturated carbocycles. The van der Waals surface area contributed by atoms with Gasteiger partial charge in [-0.25, -0.2) is 0 Å². The summed E-state index contributed by atoms with van der Waals surface area (Å²) in [4.78, 5) is 15.5. The number of aryl methyl sites for hydroxylation is 1. The van der Waals surface area contributed by atoms with E-state index in [4.69, 9.17) is 14.2 Å². The number of allylic oxidation sites excluding steroid dienone is 1. The van der Waals surface area contributed by atoms with Crippen LogP contribution in [0.3, 0.4) is 0 Å². The van der Waals surface area contributed by atoms with Crippen LogP contribution in [0.1, 0.15) is 58.9 Å². The second-order valence-electron chi connectivity index (χ2n) is 10.3. The molecule has 0 bridgehead atoms. The van der Waals surface area contributed by atoms with Crippen molar-refractivity contribution in [3.63, 3.8) is 0 Å². The van der Waals surface area contributed by atoms with Crippen molar-refractivity contribution in [2.24, 2.45) is 0 Å². The summed E-state index contributed by atoms with van der Waals surface area (Å²) in [5.41, 5.74) is 5.76. The van der Waals surface area contributed by atoms with Crippen LogP contribution >= 0.6 is 0 Å². The summed E-state index contributed by atoms with van der Waals surface area (Å²) in [5.74, 6) is 2.51. The molecule has 3 aromatic rings. The monoisotopic (exact) mass is 469 g/mol. The lowest BCUT2D eigenvalue weighted by atomic mass is 9.86. The third-order valence-corrected chi connectivity index (χ3v) is 6.65. The Labute approximate surface area is 206 Å². The first-order valence-corrected chi connectivity index (χ1v) is 11.9. The first-order chi connectivity index (χ1) is 16.7. The number of benzene rings is 3. The highest BCUT2D eigenvalue weighted by atomic mass is 16.5. The second kappa shape index (κ2) is 8.90. The van der Waals surface area contributed by atoms with Gasteiger partial charge in [-0.2, -0.15) is 0 Å². The van der Waals surface area contributed by atoms with E-state index in [1.54, 1.807) is 7.11 Å². The standard InChI is InChI=1S/C30H31NO4/c1-19-14-25-23(17-31(18-34-25)16-21-8-6-7-9-24(21)33-5)29-27(19)28(32)26(35-29)15-20-10-12-22(13-11-20)30(2,3)4/h6-15H,16-18H2,1-5H3/b26-15-. The van der Waals surface area contributed by atoms with Gasteiger partial charge in [-0.15, -0.1) is 0 Å².